The zero-order valence-corrected chi connectivity index (χ0v) is 14.5. The zero-order valence-electron chi connectivity index (χ0n) is 12.9. The number of rotatable bonds is 6. The molecule has 1 saturated carbocycles. The Morgan fingerprint density at radius 3 is 2.61 bits per heavy atom. The molecule has 0 radical (unpaired) electrons. The first-order valence-corrected chi connectivity index (χ1v) is 9.94. The molecule has 2 aromatic rings. The number of nitrogens with one attached hydrogen (secondary N) is 2. The fourth-order valence-corrected chi connectivity index (χ4v) is 3.65. The van der Waals surface area contributed by atoms with E-state index in [4.69, 9.17) is 0 Å². The Labute approximate surface area is 142 Å². The molecule has 1 aliphatic carbocycles. The van der Waals surface area contributed by atoms with Gasteiger partial charge in [0.05, 0.1) is 17.2 Å². The van der Waals surface area contributed by atoms with Gasteiger partial charge >= 0.3 is 6.03 Å². The first-order chi connectivity index (χ1) is 11.1. The van der Waals surface area contributed by atoms with Crippen LogP contribution in [0.25, 0.3) is 0 Å². The maximum atomic E-state index is 11.8. The van der Waals surface area contributed by atoms with Crippen LogP contribution in [0.15, 0.2) is 34.5 Å². The number of hydrogen-bond acceptors (Lipinski definition) is 4. The number of hydrogen-bond donors (Lipinski definition) is 2. The molecule has 5 nitrogen and oxygen atoms in total. The highest BCUT2D eigenvalue weighted by atomic mass is 32.2. The minimum absolute atomic E-state index is 0.214. The number of benzene rings is 1. The molecule has 1 unspecified atom stereocenters. The lowest BCUT2D eigenvalue weighted by molar-refractivity contribution is 0.240. The Morgan fingerprint density at radius 2 is 1.96 bits per heavy atom. The molecule has 1 aliphatic rings. The van der Waals surface area contributed by atoms with Gasteiger partial charge in [0.1, 0.15) is 0 Å². The average molecular weight is 349 g/mol. The van der Waals surface area contributed by atoms with Crippen LogP contribution in [0.4, 0.5) is 4.79 Å². The topological polar surface area (TPSA) is 71.1 Å². The highest BCUT2D eigenvalue weighted by Crippen LogP contribution is 2.41. The van der Waals surface area contributed by atoms with Crippen LogP contribution in [0.2, 0.25) is 0 Å². The third-order valence-electron chi connectivity index (χ3n) is 3.63. The Bertz CT molecular complexity index is 708. The van der Waals surface area contributed by atoms with Gasteiger partial charge in [-0.15, -0.1) is 11.3 Å². The van der Waals surface area contributed by atoms with Crippen molar-refractivity contribution in [2.75, 3.05) is 6.26 Å². The molecule has 1 heterocycles. The summed E-state index contributed by atoms with van der Waals surface area (Å²) in [5, 5.41) is 8.83. The molecule has 23 heavy (non-hydrogen) atoms. The summed E-state index contributed by atoms with van der Waals surface area (Å²) in [6, 6.07) is 7.17. The van der Waals surface area contributed by atoms with Gasteiger partial charge in [-0.05, 0) is 30.5 Å². The predicted molar refractivity (Wildman–Crippen MR) is 91.9 cm³/mol. The van der Waals surface area contributed by atoms with Crippen LogP contribution in [0.3, 0.4) is 0 Å². The van der Waals surface area contributed by atoms with Crippen LogP contribution < -0.4 is 10.6 Å². The minimum Gasteiger partial charge on any atom is -0.334 e. The van der Waals surface area contributed by atoms with Gasteiger partial charge in [0, 0.05) is 39.8 Å². The number of thiazole rings is 1. The summed E-state index contributed by atoms with van der Waals surface area (Å²) in [5.41, 5.74) is 1.89. The average Bonchev–Trinajstić information content (AvgIpc) is 3.30. The van der Waals surface area contributed by atoms with Gasteiger partial charge in [0.2, 0.25) is 0 Å². The smallest absolute Gasteiger partial charge is 0.315 e. The van der Waals surface area contributed by atoms with Crippen molar-refractivity contribution in [3.63, 3.8) is 0 Å². The van der Waals surface area contributed by atoms with E-state index in [2.05, 4.69) is 15.6 Å². The van der Waals surface area contributed by atoms with E-state index in [0.29, 0.717) is 19.0 Å². The molecule has 1 atom stereocenters. The SMILES string of the molecule is CS(=O)c1ccc(CNC(=O)NCc2csc(C3CC3)n2)cc1. The van der Waals surface area contributed by atoms with Gasteiger partial charge in [-0.2, -0.15) is 0 Å². The number of aromatic nitrogens is 1. The number of urea groups is 1. The van der Waals surface area contributed by atoms with E-state index >= 15 is 0 Å². The molecule has 2 N–H and O–H groups in total. The molecule has 0 bridgehead atoms. The van der Waals surface area contributed by atoms with Crippen molar-refractivity contribution in [1.29, 1.82) is 0 Å². The number of carbonyl (C=O) groups is 1. The third kappa shape index (κ3) is 4.62. The van der Waals surface area contributed by atoms with Crippen molar-refractivity contribution >= 4 is 28.2 Å². The molecule has 7 heteroatoms. The molecule has 1 aromatic heterocycles. The largest absolute Gasteiger partial charge is 0.334 e. The molecular weight excluding hydrogens is 330 g/mol. The van der Waals surface area contributed by atoms with Gasteiger partial charge in [-0.25, -0.2) is 9.78 Å². The molecular formula is C16H19N3O2S2. The number of amides is 2. The Kier molecular flexibility index (Phi) is 5.07. The Hall–Kier alpha value is -1.73. The summed E-state index contributed by atoms with van der Waals surface area (Å²) in [5.74, 6) is 0.656. The lowest BCUT2D eigenvalue weighted by Gasteiger charge is -2.07. The maximum absolute atomic E-state index is 11.8. The van der Waals surface area contributed by atoms with E-state index < -0.39 is 10.8 Å². The van der Waals surface area contributed by atoms with Crippen LogP contribution in [0, 0.1) is 0 Å². The van der Waals surface area contributed by atoms with Crippen LogP contribution in [-0.2, 0) is 23.9 Å². The minimum atomic E-state index is -0.977. The molecule has 0 saturated heterocycles. The second-order valence-electron chi connectivity index (χ2n) is 5.59. The van der Waals surface area contributed by atoms with Crippen molar-refractivity contribution < 1.29 is 9.00 Å². The molecule has 2 amide bonds. The van der Waals surface area contributed by atoms with Crippen molar-refractivity contribution in [1.82, 2.24) is 15.6 Å². The van der Waals surface area contributed by atoms with E-state index in [1.165, 1.54) is 17.8 Å². The molecule has 0 spiro atoms. The van der Waals surface area contributed by atoms with Crippen molar-refractivity contribution in [2.45, 2.75) is 36.7 Å². The first-order valence-electron chi connectivity index (χ1n) is 7.50. The van der Waals surface area contributed by atoms with E-state index in [-0.39, 0.29) is 6.03 Å². The van der Waals surface area contributed by atoms with Gasteiger partial charge < -0.3 is 10.6 Å². The summed E-state index contributed by atoms with van der Waals surface area (Å²) in [6.07, 6.45) is 4.13. The van der Waals surface area contributed by atoms with E-state index in [1.807, 2.05) is 29.6 Å². The first kappa shape index (κ1) is 16.1. The lowest BCUT2D eigenvalue weighted by atomic mass is 10.2. The van der Waals surface area contributed by atoms with Crippen molar-refractivity contribution in [3.05, 3.63) is 45.9 Å². The highest BCUT2D eigenvalue weighted by molar-refractivity contribution is 7.84. The highest BCUT2D eigenvalue weighted by Gasteiger charge is 2.26. The quantitative estimate of drug-likeness (QED) is 0.842. The fourth-order valence-electron chi connectivity index (χ4n) is 2.14. The summed E-state index contributed by atoms with van der Waals surface area (Å²) >= 11 is 1.68. The van der Waals surface area contributed by atoms with Gasteiger partial charge in [0.15, 0.2) is 0 Å². The standard InChI is InChI=1S/C16H19N3O2S2/c1-23(21)14-6-2-11(3-7-14)8-17-16(20)18-9-13-10-22-15(19-13)12-4-5-12/h2-3,6-7,10,12H,4-5,8-9H2,1H3,(H2,17,18,20). The second-order valence-corrected chi connectivity index (χ2v) is 7.85. The number of carbonyl (C=O) groups excluding carboxylic acids is 1. The second kappa shape index (κ2) is 7.23. The summed E-state index contributed by atoms with van der Waals surface area (Å²) < 4.78 is 11.3. The summed E-state index contributed by atoms with van der Waals surface area (Å²) in [4.78, 5) is 17.1. The summed E-state index contributed by atoms with van der Waals surface area (Å²) in [6.45, 7) is 0.885. The Morgan fingerprint density at radius 1 is 1.26 bits per heavy atom. The summed E-state index contributed by atoms with van der Waals surface area (Å²) in [7, 11) is -0.977. The van der Waals surface area contributed by atoms with Gasteiger partial charge in [-0.1, -0.05) is 12.1 Å². The van der Waals surface area contributed by atoms with Crippen LogP contribution >= 0.6 is 11.3 Å². The third-order valence-corrected chi connectivity index (χ3v) is 5.63. The van der Waals surface area contributed by atoms with Crippen LogP contribution in [0.5, 0.6) is 0 Å². The van der Waals surface area contributed by atoms with E-state index in [0.717, 1.165) is 16.2 Å². The van der Waals surface area contributed by atoms with Crippen molar-refractivity contribution in [2.24, 2.45) is 0 Å². The molecule has 0 aliphatic heterocycles. The molecule has 3 rings (SSSR count). The van der Waals surface area contributed by atoms with Gasteiger partial charge in [-0.3, -0.25) is 4.21 Å². The Balaban J connectivity index is 1.42. The van der Waals surface area contributed by atoms with Gasteiger partial charge in [0.25, 0.3) is 0 Å². The molecule has 122 valence electrons. The molecule has 1 fully saturated rings. The van der Waals surface area contributed by atoms with E-state index in [9.17, 15) is 9.00 Å². The lowest BCUT2D eigenvalue weighted by Crippen LogP contribution is -2.34. The maximum Gasteiger partial charge on any atom is 0.315 e. The fraction of sp³-hybridized carbons (Fsp3) is 0.375. The number of nitrogens with zero attached hydrogens (tertiary/aromatic N) is 1. The van der Waals surface area contributed by atoms with Crippen LogP contribution in [0.1, 0.15) is 35.0 Å². The van der Waals surface area contributed by atoms with Crippen LogP contribution in [-0.4, -0.2) is 21.5 Å². The normalized spacial score (nSPS) is 15.2. The molecule has 1 aromatic carbocycles. The van der Waals surface area contributed by atoms with E-state index in [1.54, 1.807) is 17.6 Å². The monoisotopic (exact) mass is 349 g/mol. The van der Waals surface area contributed by atoms with Crippen molar-refractivity contribution in [3.8, 4) is 0 Å². The zero-order chi connectivity index (χ0) is 16.2. The predicted octanol–water partition coefficient (Wildman–Crippen LogP) is 2.76.